The zero-order chi connectivity index (χ0) is 26.2. The quantitative estimate of drug-likeness (QED) is 0.192. The minimum Gasteiger partial charge on any atom is -0.360 e. The van der Waals surface area contributed by atoms with Gasteiger partial charge in [0, 0.05) is 27.1 Å². The van der Waals surface area contributed by atoms with Crippen molar-refractivity contribution in [1.29, 1.82) is 0 Å². The number of carbonyl (C=O) groups is 3. The van der Waals surface area contributed by atoms with Crippen LogP contribution in [0.5, 0.6) is 0 Å². The summed E-state index contributed by atoms with van der Waals surface area (Å²) in [6.45, 7) is 3.54. The molecule has 1 atom stereocenters. The van der Waals surface area contributed by atoms with Crippen LogP contribution in [-0.2, 0) is 9.59 Å². The van der Waals surface area contributed by atoms with Crippen molar-refractivity contribution < 1.29 is 18.9 Å². The summed E-state index contributed by atoms with van der Waals surface area (Å²) in [6, 6.07) is 21.2. The minimum absolute atomic E-state index is 0.128. The van der Waals surface area contributed by atoms with Gasteiger partial charge in [0.1, 0.15) is 11.5 Å². The molecule has 4 rings (SSSR count). The lowest BCUT2D eigenvalue weighted by atomic mass is 10.2. The van der Waals surface area contributed by atoms with Crippen LogP contribution in [0.1, 0.15) is 27.9 Å². The lowest BCUT2D eigenvalue weighted by molar-refractivity contribution is -0.115. The number of thioether (sulfide) groups is 1. The maximum atomic E-state index is 13.1. The largest absolute Gasteiger partial charge is 0.360 e. The predicted molar refractivity (Wildman–Crippen MR) is 146 cm³/mol. The van der Waals surface area contributed by atoms with E-state index in [1.54, 1.807) is 62.4 Å². The highest BCUT2D eigenvalue weighted by atomic mass is 32.2. The second kappa shape index (κ2) is 12.2. The summed E-state index contributed by atoms with van der Waals surface area (Å²) in [5.74, 6) is -0.0414. The van der Waals surface area contributed by atoms with Gasteiger partial charge in [-0.2, -0.15) is 0 Å². The molecule has 3 amide bonds. The normalized spacial score (nSPS) is 12.0. The van der Waals surface area contributed by atoms with E-state index in [1.807, 2.05) is 35.7 Å². The van der Waals surface area contributed by atoms with Crippen LogP contribution in [-0.4, -0.2) is 28.1 Å². The highest BCUT2D eigenvalue weighted by Crippen LogP contribution is 2.26. The van der Waals surface area contributed by atoms with Crippen LogP contribution in [0.4, 0.5) is 11.5 Å². The van der Waals surface area contributed by atoms with Crippen LogP contribution in [0, 0.1) is 6.92 Å². The highest BCUT2D eigenvalue weighted by Gasteiger charge is 2.17. The molecular formula is C27H24N4O4S2. The van der Waals surface area contributed by atoms with Gasteiger partial charge in [0.05, 0.1) is 5.25 Å². The lowest BCUT2D eigenvalue weighted by Crippen LogP contribution is -2.30. The van der Waals surface area contributed by atoms with Crippen LogP contribution >= 0.6 is 23.1 Å². The first-order chi connectivity index (χ1) is 17.9. The standard InChI is InChI=1S/C27H24N4O4S2/c1-17-15-24(31-35-17)30-25(32)18(2)37-21-12-10-20(11-13-21)28-27(34)23(16-22-9-6-14-36-22)29-26(33)19-7-4-3-5-8-19/h3-16,18H,1-2H3,(H,28,34)(H,29,33)(H,30,31,32). The molecule has 2 aromatic heterocycles. The Balaban J connectivity index is 1.39. The molecule has 0 saturated heterocycles. The van der Waals surface area contributed by atoms with E-state index in [4.69, 9.17) is 4.52 Å². The van der Waals surface area contributed by atoms with E-state index in [2.05, 4.69) is 21.1 Å². The molecule has 2 heterocycles. The van der Waals surface area contributed by atoms with Crippen LogP contribution in [0.2, 0.25) is 0 Å². The Kier molecular flexibility index (Phi) is 8.55. The Hall–Kier alpha value is -4.15. The number of rotatable bonds is 9. The van der Waals surface area contributed by atoms with E-state index in [0.29, 0.717) is 22.8 Å². The molecule has 0 fully saturated rings. The van der Waals surface area contributed by atoms with Gasteiger partial charge in [-0.25, -0.2) is 0 Å². The SMILES string of the molecule is Cc1cc(NC(=O)C(C)Sc2ccc(NC(=O)C(=Cc3cccs3)NC(=O)c3ccccc3)cc2)no1. The first kappa shape index (κ1) is 25.9. The number of amides is 3. The monoisotopic (exact) mass is 532 g/mol. The molecule has 0 aliphatic rings. The molecule has 0 saturated carbocycles. The van der Waals surface area contributed by atoms with Gasteiger partial charge < -0.3 is 20.5 Å². The number of hydrogen-bond acceptors (Lipinski definition) is 7. The van der Waals surface area contributed by atoms with Gasteiger partial charge in [0.25, 0.3) is 11.8 Å². The fraction of sp³-hybridized carbons (Fsp3) is 0.111. The van der Waals surface area contributed by atoms with Crippen molar-refractivity contribution in [3.63, 3.8) is 0 Å². The van der Waals surface area contributed by atoms with Crippen molar-refractivity contribution in [1.82, 2.24) is 10.5 Å². The van der Waals surface area contributed by atoms with E-state index in [1.165, 1.54) is 23.1 Å². The molecule has 10 heteroatoms. The first-order valence-corrected chi connectivity index (χ1v) is 13.1. The van der Waals surface area contributed by atoms with Gasteiger partial charge in [-0.15, -0.1) is 23.1 Å². The van der Waals surface area contributed by atoms with E-state index >= 15 is 0 Å². The average molecular weight is 533 g/mol. The Labute approximate surface area is 222 Å². The molecule has 188 valence electrons. The number of nitrogens with one attached hydrogen (secondary N) is 3. The third-order valence-corrected chi connectivity index (χ3v) is 6.96. The van der Waals surface area contributed by atoms with E-state index in [0.717, 1.165) is 9.77 Å². The topological polar surface area (TPSA) is 113 Å². The number of nitrogens with zero attached hydrogens (tertiary/aromatic N) is 1. The third-order valence-electron chi connectivity index (χ3n) is 5.03. The first-order valence-electron chi connectivity index (χ1n) is 11.3. The number of aryl methyl sites for hydroxylation is 1. The summed E-state index contributed by atoms with van der Waals surface area (Å²) >= 11 is 2.83. The summed E-state index contributed by atoms with van der Waals surface area (Å²) < 4.78 is 4.97. The van der Waals surface area contributed by atoms with Gasteiger partial charge in [-0.1, -0.05) is 29.4 Å². The Morgan fingerprint density at radius 1 is 1.00 bits per heavy atom. The fourth-order valence-corrected chi connectivity index (χ4v) is 4.71. The molecule has 3 N–H and O–H groups in total. The Morgan fingerprint density at radius 2 is 1.76 bits per heavy atom. The van der Waals surface area contributed by atoms with Gasteiger partial charge in [-0.05, 0) is 67.8 Å². The number of thiophene rings is 1. The van der Waals surface area contributed by atoms with Crippen molar-refractivity contribution in [3.05, 3.63) is 100 Å². The van der Waals surface area contributed by atoms with Crippen LogP contribution in [0.3, 0.4) is 0 Å². The smallest absolute Gasteiger partial charge is 0.272 e. The van der Waals surface area contributed by atoms with Crippen molar-refractivity contribution in [2.45, 2.75) is 24.0 Å². The van der Waals surface area contributed by atoms with E-state index < -0.39 is 5.91 Å². The second-order valence-corrected chi connectivity index (χ2v) is 10.3. The van der Waals surface area contributed by atoms with Crippen molar-refractivity contribution in [2.24, 2.45) is 0 Å². The maximum Gasteiger partial charge on any atom is 0.272 e. The second-order valence-electron chi connectivity index (χ2n) is 7.94. The van der Waals surface area contributed by atoms with Gasteiger partial charge in [-0.3, -0.25) is 14.4 Å². The summed E-state index contributed by atoms with van der Waals surface area (Å²) in [5.41, 5.74) is 1.13. The van der Waals surface area contributed by atoms with Crippen molar-refractivity contribution in [3.8, 4) is 0 Å². The predicted octanol–water partition coefficient (Wildman–Crippen LogP) is 5.57. The molecule has 1 unspecified atom stereocenters. The summed E-state index contributed by atoms with van der Waals surface area (Å²) in [7, 11) is 0. The van der Waals surface area contributed by atoms with Gasteiger partial charge >= 0.3 is 0 Å². The minimum atomic E-state index is -0.450. The molecule has 0 spiro atoms. The summed E-state index contributed by atoms with van der Waals surface area (Å²) in [6.07, 6.45) is 1.64. The molecule has 0 aliphatic heterocycles. The molecule has 4 aromatic rings. The maximum absolute atomic E-state index is 13.1. The molecule has 0 bridgehead atoms. The molecule has 0 aliphatic carbocycles. The van der Waals surface area contributed by atoms with Crippen molar-refractivity contribution >= 4 is 58.4 Å². The lowest BCUT2D eigenvalue weighted by Gasteiger charge is -2.13. The molecule has 2 aromatic carbocycles. The zero-order valence-electron chi connectivity index (χ0n) is 20.1. The zero-order valence-corrected chi connectivity index (χ0v) is 21.7. The Morgan fingerprint density at radius 3 is 2.41 bits per heavy atom. The van der Waals surface area contributed by atoms with E-state index in [9.17, 15) is 14.4 Å². The van der Waals surface area contributed by atoms with E-state index in [-0.39, 0.29) is 22.8 Å². The highest BCUT2D eigenvalue weighted by molar-refractivity contribution is 8.00. The summed E-state index contributed by atoms with van der Waals surface area (Å²) in [4.78, 5) is 39.9. The van der Waals surface area contributed by atoms with Crippen LogP contribution in [0.25, 0.3) is 6.08 Å². The van der Waals surface area contributed by atoms with Crippen LogP contribution < -0.4 is 16.0 Å². The van der Waals surface area contributed by atoms with Gasteiger partial charge in [0.15, 0.2) is 5.82 Å². The molecule has 0 radical (unpaired) electrons. The number of benzene rings is 2. The molecule has 37 heavy (non-hydrogen) atoms. The number of carbonyl (C=O) groups excluding carboxylic acids is 3. The summed E-state index contributed by atoms with van der Waals surface area (Å²) in [5, 5.41) is 13.5. The number of anilines is 2. The Bertz CT molecular complexity index is 1400. The van der Waals surface area contributed by atoms with Gasteiger partial charge in [0.2, 0.25) is 5.91 Å². The molecular weight excluding hydrogens is 508 g/mol. The molecule has 8 nitrogen and oxygen atoms in total. The number of aromatic nitrogens is 1. The van der Waals surface area contributed by atoms with Crippen molar-refractivity contribution in [2.75, 3.05) is 10.6 Å². The number of hydrogen-bond donors (Lipinski definition) is 3. The average Bonchev–Trinajstić information content (AvgIpc) is 3.56. The fourth-order valence-electron chi connectivity index (χ4n) is 3.18. The van der Waals surface area contributed by atoms with Crippen LogP contribution in [0.15, 0.2) is 93.3 Å². The third kappa shape index (κ3) is 7.42.